The monoisotopic (exact) mass is 339 g/mol. The fraction of sp³-hybridized carbons (Fsp3) is 0.0769. The molecule has 0 saturated heterocycles. The van der Waals surface area contributed by atoms with Crippen LogP contribution in [0.5, 0.6) is 11.6 Å². The van der Waals surface area contributed by atoms with E-state index in [4.69, 9.17) is 27.5 Å². The van der Waals surface area contributed by atoms with Crippen molar-refractivity contribution in [3.63, 3.8) is 0 Å². The number of halogens is 2. The summed E-state index contributed by atoms with van der Waals surface area (Å²) in [6, 6.07) is 7.03. The molecular formula is C13H11BrClN3O. The highest BCUT2D eigenvalue weighted by Crippen LogP contribution is 2.33. The van der Waals surface area contributed by atoms with Gasteiger partial charge in [0, 0.05) is 10.7 Å². The van der Waals surface area contributed by atoms with Gasteiger partial charge in [-0.2, -0.15) is 0 Å². The molecule has 19 heavy (non-hydrogen) atoms. The second-order valence-corrected chi connectivity index (χ2v) is 5.22. The second kappa shape index (κ2) is 5.59. The highest BCUT2D eigenvalue weighted by Gasteiger charge is 2.13. The number of benzene rings is 1. The number of amidine groups is 1. The number of aromatic nitrogens is 1. The number of nitrogens with one attached hydrogen (secondary N) is 1. The molecule has 0 fully saturated rings. The van der Waals surface area contributed by atoms with Gasteiger partial charge in [-0.25, -0.2) is 4.98 Å². The zero-order chi connectivity index (χ0) is 14.0. The smallest absolute Gasteiger partial charge is 0.230 e. The third kappa shape index (κ3) is 3.05. The lowest BCUT2D eigenvalue weighted by Crippen LogP contribution is -2.14. The summed E-state index contributed by atoms with van der Waals surface area (Å²) in [6.07, 6.45) is 1.60. The summed E-state index contributed by atoms with van der Waals surface area (Å²) in [4.78, 5) is 4.11. The molecule has 4 nitrogen and oxygen atoms in total. The zero-order valence-corrected chi connectivity index (χ0v) is 12.4. The van der Waals surface area contributed by atoms with Gasteiger partial charge in [0.2, 0.25) is 5.88 Å². The zero-order valence-electron chi connectivity index (χ0n) is 10.1. The quantitative estimate of drug-likeness (QED) is 0.658. The van der Waals surface area contributed by atoms with Gasteiger partial charge < -0.3 is 10.5 Å². The minimum absolute atomic E-state index is 0.0910. The molecule has 0 bridgehead atoms. The maximum absolute atomic E-state index is 7.59. The number of rotatable bonds is 3. The largest absolute Gasteiger partial charge is 0.437 e. The molecule has 0 aliphatic heterocycles. The Balaban J connectivity index is 2.46. The summed E-state index contributed by atoms with van der Waals surface area (Å²) in [5, 5.41) is 8.05. The maximum Gasteiger partial charge on any atom is 0.230 e. The predicted octanol–water partition coefficient (Wildman–Crippen LogP) is 3.88. The SMILES string of the molecule is Cc1ccnc(Oc2cc(Br)ccc2Cl)c1C(=N)N. The van der Waals surface area contributed by atoms with Crippen molar-refractivity contribution < 1.29 is 4.74 Å². The third-order valence-corrected chi connectivity index (χ3v) is 3.30. The van der Waals surface area contributed by atoms with Gasteiger partial charge in [-0.15, -0.1) is 0 Å². The molecule has 1 aromatic carbocycles. The number of nitrogen functional groups attached to an aromatic ring is 1. The molecule has 0 unspecified atom stereocenters. The Labute approximate surface area is 124 Å². The van der Waals surface area contributed by atoms with E-state index in [1.165, 1.54) is 0 Å². The Bertz CT molecular complexity index is 646. The Kier molecular flexibility index (Phi) is 4.07. The number of aryl methyl sites for hydroxylation is 1. The first-order valence-electron chi connectivity index (χ1n) is 5.42. The van der Waals surface area contributed by atoms with Crippen molar-refractivity contribution in [1.82, 2.24) is 4.98 Å². The van der Waals surface area contributed by atoms with Crippen LogP contribution in [0, 0.1) is 12.3 Å². The molecule has 0 radical (unpaired) electrons. The molecule has 0 atom stereocenters. The van der Waals surface area contributed by atoms with Crippen molar-refractivity contribution in [2.45, 2.75) is 6.92 Å². The van der Waals surface area contributed by atoms with Crippen molar-refractivity contribution in [2.75, 3.05) is 0 Å². The number of nitrogens with zero attached hydrogens (tertiary/aromatic N) is 1. The Morgan fingerprint density at radius 3 is 2.84 bits per heavy atom. The first-order chi connectivity index (χ1) is 8.99. The summed E-state index contributed by atoms with van der Waals surface area (Å²) in [5.41, 5.74) is 6.85. The molecule has 6 heteroatoms. The van der Waals surface area contributed by atoms with Crippen LogP contribution in [0.1, 0.15) is 11.1 Å². The minimum atomic E-state index is -0.0910. The van der Waals surface area contributed by atoms with Gasteiger partial charge in [-0.3, -0.25) is 5.41 Å². The van der Waals surface area contributed by atoms with Gasteiger partial charge in [-0.05, 0) is 36.8 Å². The predicted molar refractivity (Wildman–Crippen MR) is 79.2 cm³/mol. The van der Waals surface area contributed by atoms with Gasteiger partial charge in [0.1, 0.15) is 11.6 Å². The molecule has 0 amide bonds. The van der Waals surface area contributed by atoms with E-state index in [1.54, 1.807) is 24.4 Å². The van der Waals surface area contributed by atoms with Crippen molar-refractivity contribution in [1.29, 1.82) is 5.41 Å². The molecule has 0 spiro atoms. The Hall–Kier alpha value is -1.59. The van der Waals surface area contributed by atoms with Crippen molar-refractivity contribution in [3.8, 4) is 11.6 Å². The average molecular weight is 341 g/mol. The summed E-state index contributed by atoms with van der Waals surface area (Å²) in [6.45, 7) is 1.84. The van der Waals surface area contributed by atoms with E-state index in [-0.39, 0.29) is 11.7 Å². The number of pyridine rings is 1. The molecule has 3 N–H and O–H groups in total. The van der Waals surface area contributed by atoms with Gasteiger partial charge in [-0.1, -0.05) is 27.5 Å². The van der Waals surface area contributed by atoms with Gasteiger partial charge in [0.05, 0.1) is 10.6 Å². The standard InChI is InChI=1S/C13H11BrClN3O/c1-7-4-5-18-13(11(7)12(16)17)19-10-6-8(14)2-3-9(10)15/h2-6H,1H3,(H3,16,17). The first-order valence-corrected chi connectivity index (χ1v) is 6.59. The fourth-order valence-corrected chi connectivity index (χ4v) is 2.09. The number of ether oxygens (including phenoxy) is 1. The molecular weight excluding hydrogens is 330 g/mol. The van der Waals surface area contributed by atoms with E-state index < -0.39 is 0 Å². The van der Waals surface area contributed by atoms with E-state index in [0.717, 1.165) is 10.0 Å². The van der Waals surface area contributed by atoms with Gasteiger partial charge in [0.15, 0.2) is 0 Å². The van der Waals surface area contributed by atoms with Crippen LogP contribution in [0.15, 0.2) is 34.9 Å². The third-order valence-electron chi connectivity index (χ3n) is 2.49. The highest BCUT2D eigenvalue weighted by atomic mass is 79.9. The van der Waals surface area contributed by atoms with Crippen molar-refractivity contribution >= 4 is 33.4 Å². The van der Waals surface area contributed by atoms with E-state index in [9.17, 15) is 0 Å². The summed E-state index contributed by atoms with van der Waals surface area (Å²) < 4.78 is 6.51. The van der Waals surface area contributed by atoms with E-state index in [0.29, 0.717) is 16.3 Å². The number of nitrogens with two attached hydrogens (primary N) is 1. The molecule has 98 valence electrons. The molecule has 1 aromatic heterocycles. The lowest BCUT2D eigenvalue weighted by atomic mass is 10.1. The molecule has 0 aliphatic rings. The molecule has 2 rings (SSSR count). The maximum atomic E-state index is 7.59. The van der Waals surface area contributed by atoms with Gasteiger partial charge >= 0.3 is 0 Å². The molecule has 0 saturated carbocycles. The lowest BCUT2D eigenvalue weighted by Gasteiger charge is -2.12. The van der Waals surface area contributed by atoms with Crippen LogP contribution in [-0.2, 0) is 0 Å². The molecule has 2 aromatic rings. The highest BCUT2D eigenvalue weighted by molar-refractivity contribution is 9.10. The van der Waals surface area contributed by atoms with Crippen LogP contribution < -0.4 is 10.5 Å². The summed E-state index contributed by atoms with van der Waals surface area (Å²) in [5.74, 6) is 0.635. The first kappa shape index (κ1) is 13.8. The average Bonchev–Trinajstić information content (AvgIpc) is 2.33. The Morgan fingerprint density at radius 2 is 2.16 bits per heavy atom. The second-order valence-electron chi connectivity index (χ2n) is 3.90. The van der Waals surface area contributed by atoms with Crippen LogP contribution in [0.3, 0.4) is 0 Å². The van der Waals surface area contributed by atoms with Crippen LogP contribution in [-0.4, -0.2) is 10.8 Å². The topological polar surface area (TPSA) is 72.0 Å². The van der Waals surface area contributed by atoms with E-state index in [1.807, 2.05) is 13.0 Å². The van der Waals surface area contributed by atoms with Crippen LogP contribution in [0.25, 0.3) is 0 Å². The van der Waals surface area contributed by atoms with Crippen LogP contribution in [0.4, 0.5) is 0 Å². The lowest BCUT2D eigenvalue weighted by molar-refractivity contribution is 0.461. The fourth-order valence-electron chi connectivity index (χ4n) is 1.60. The number of hydrogen-bond acceptors (Lipinski definition) is 3. The van der Waals surface area contributed by atoms with Gasteiger partial charge in [0.25, 0.3) is 0 Å². The van der Waals surface area contributed by atoms with Crippen LogP contribution >= 0.6 is 27.5 Å². The summed E-state index contributed by atoms with van der Waals surface area (Å²) >= 11 is 9.40. The Morgan fingerprint density at radius 1 is 1.42 bits per heavy atom. The molecule has 0 aliphatic carbocycles. The normalized spacial score (nSPS) is 10.3. The van der Waals surface area contributed by atoms with Crippen molar-refractivity contribution in [2.24, 2.45) is 5.73 Å². The summed E-state index contributed by atoms with van der Waals surface area (Å²) in [7, 11) is 0. The van der Waals surface area contributed by atoms with Crippen LogP contribution in [0.2, 0.25) is 5.02 Å². The van der Waals surface area contributed by atoms with E-state index in [2.05, 4.69) is 20.9 Å². The minimum Gasteiger partial charge on any atom is -0.437 e. The van der Waals surface area contributed by atoms with E-state index >= 15 is 0 Å². The number of hydrogen-bond donors (Lipinski definition) is 2. The molecule has 1 heterocycles. The van der Waals surface area contributed by atoms with Crippen molar-refractivity contribution in [3.05, 3.63) is 51.1 Å².